The van der Waals surface area contributed by atoms with E-state index in [1.54, 1.807) is 18.2 Å². The summed E-state index contributed by atoms with van der Waals surface area (Å²) in [6.07, 6.45) is 1.04. The lowest BCUT2D eigenvalue weighted by Gasteiger charge is -2.29. The molecule has 152 valence electrons. The Kier molecular flexibility index (Phi) is 6.00. The fourth-order valence-electron chi connectivity index (χ4n) is 3.19. The highest BCUT2D eigenvalue weighted by molar-refractivity contribution is 7.92. The van der Waals surface area contributed by atoms with Gasteiger partial charge >= 0.3 is 0 Å². The number of sulfonamides is 1. The van der Waals surface area contributed by atoms with Crippen molar-refractivity contribution in [1.29, 1.82) is 0 Å². The maximum Gasteiger partial charge on any atom is 0.248 e. The van der Waals surface area contributed by atoms with Crippen LogP contribution in [0, 0.1) is 0 Å². The molecule has 6 nitrogen and oxygen atoms in total. The van der Waals surface area contributed by atoms with Gasteiger partial charge in [-0.1, -0.05) is 48.0 Å². The van der Waals surface area contributed by atoms with E-state index < -0.39 is 22.0 Å². The number of fused-ring (bicyclic) bond motifs is 1. The van der Waals surface area contributed by atoms with Crippen LogP contribution >= 0.6 is 11.6 Å². The molecular weight excluding hydrogens is 412 g/mol. The molecule has 0 saturated carbocycles. The van der Waals surface area contributed by atoms with Gasteiger partial charge in [0.1, 0.15) is 11.8 Å². The van der Waals surface area contributed by atoms with E-state index in [4.69, 9.17) is 16.3 Å². The molecule has 1 N–H and O–H groups in total. The number of hydrogen-bond donors (Lipinski definition) is 1. The van der Waals surface area contributed by atoms with Gasteiger partial charge in [0.2, 0.25) is 15.9 Å². The Bertz CT molecular complexity index is 1160. The third kappa shape index (κ3) is 4.46. The van der Waals surface area contributed by atoms with Crippen molar-refractivity contribution in [2.75, 3.05) is 23.0 Å². The molecular formula is C21H21ClN2O4S. The predicted molar refractivity (Wildman–Crippen MR) is 117 cm³/mol. The zero-order valence-electron chi connectivity index (χ0n) is 16.2. The molecule has 1 amide bonds. The standard InChI is InChI=1S/C21H21ClN2O4S/c1-14(21(25)23-18-10-6-8-15-7-4-5-9-17(15)18)24(29(3,26)27)19-13-16(22)11-12-20(19)28-2/h4-14H,1-3H3,(H,23,25)/t14-/m1/s1. The smallest absolute Gasteiger partial charge is 0.248 e. The van der Waals surface area contributed by atoms with E-state index in [-0.39, 0.29) is 5.69 Å². The molecule has 0 bridgehead atoms. The first-order chi connectivity index (χ1) is 13.7. The molecule has 0 unspecified atom stereocenters. The van der Waals surface area contributed by atoms with Gasteiger partial charge in [-0.2, -0.15) is 0 Å². The molecule has 0 heterocycles. The largest absolute Gasteiger partial charge is 0.495 e. The molecule has 1 atom stereocenters. The highest BCUT2D eigenvalue weighted by Crippen LogP contribution is 2.34. The maximum atomic E-state index is 13.0. The molecule has 0 aromatic heterocycles. The van der Waals surface area contributed by atoms with Crippen LogP contribution in [0.1, 0.15) is 6.92 Å². The minimum atomic E-state index is -3.81. The first-order valence-electron chi connectivity index (χ1n) is 8.84. The van der Waals surface area contributed by atoms with Crippen molar-refractivity contribution >= 4 is 49.7 Å². The maximum absolute atomic E-state index is 13.0. The van der Waals surface area contributed by atoms with Crippen molar-refractivity contribution < 1.29 is 17.9 Å². The number of carbonyl (C=O) groups is 1. The highest BCUT2D eigenvalue weighted by atomic mass is 35.5. The van der Waals surface area contributed by atoms with Gasteiger partial charge in [0.15, 0.2) is 0 Å². The number of nitrogens with one attached hydrogen (secondary N) is 1. The summed E-state index contributed by atoms with van der Waals surface area (Å²) in [6.45, 7) is 1.52. The Morgan fingerprint density at radius 2 is 1.79 bits per heavy atom. The second kappa shape index (κ2) is 8.31. The molecule has 0 fully saturated rings. The number of carbonyl (C=O) groups excluding carboxylic acids is 1. The van der Waals surface area contributed by atoms with Crippen LogP contribution in [0.5, 0.6) is 5.75 Å². The molecule has 29 heavy (non-hydrogen) atoms. The van der Waals surface area contributed by atoms with Crippen LogP contribution in [0.4, 0.5) is 11.4 Å². The Morgan fingerprint density at radius 3 is 2.48 bits per heavy atom. The van der Waals surface area contributed by atoms with Gasteiger partial charge in [-0.3, -0.25) is 9.10 Å². The van der Waals surface area contributed by atoms with Gasteiger partial charge < -0.3 is 10.1 Å². The van der Waals surface area contributed by atoms with Crippen LogP contribution in [0.3, 0.4) is 0 Å². The van der Waals surface area contributed by atoms with Gasteiger partial charge in [-0.25, -0.2) is 8.42 Å². The second-order valence-electron chi connectivity index (χ2n) is 6.57. The van der Waals surface area contributed by atoms with Crippen LogP contribution in [-0.4, -0.2) is 33.7 Å². The van der Waals surface area contributed by atoms with Crippen molar-refractivity contribution in [3.8, 4) is 5.75 Å². The molecule has 3 aromatic rings. The molecule has 0 aliphatic rings. The zero-order valence-corrected chi connectivity index (χ0v) is 17.8. The molecule has 3 aromatic carbocycles. The lowest BCUT2D eigenvalue weighted by molar-refractivity contribution is -0.116. The Balaban J connectivity index is 2.00. The predicted octanol–water partition coefficient (Wildman–Crippen LogP) is 4.30. The minimum Gasteiger partial charge on any atom is -0.495 e. The fraction of sp³-hybridized carbons (Fsp3) is 0.190. The van der Waals surface area contributed by atoms with E-state index >= 15 is 0 Å². The first-order valence-corrected chi connectivity index (χ1v) is 11.1. The summed E-state index contributed by atoms with van der Waals surface area (Å²) in [5.41, 5.74) is 0.800. The number of anilines is 2. The average molecular weight is 433 g/mol. The molecule has 8 heteroatoms. The Labute approximate surface area is 175 Å². The van der Waals surface area contributed by atoms with Gasteiger partial charge in [-0.15, -0.1) is 0 Å². The Hall–Kier alpha value is -2.77. The SMILES string of the molecule is COc1ccc(Cl)cc1N([C@H](C)C(=O)Nc1cccc2ccccc12)S(C)(=O)=O. The monoisotopic (exact) mass is 432 g/mol. The molecule has 3 rings (SSSR count). The van der Waals surface area contributed by atoms with Crippen molar-refractivity contribution in [2.24, 2.45) is 0 Å². The molecule has 0 spiro atoms. The third-order valence-electron chi connectivity index (χ3n) is 4.51. The van der Waals surface area contributed by atoms with Gasteiger partial charge in [0.05, 0.1) is 19.1 Å². The summed E-state index contributed by atoms with van der Waals surface area (Å²) in [5, 5.41) is 5.00. The summed E-state index contributed by atoms with van der Waals surface area (Å²) < 4.78 is 31.4. The lowest BCUT2D eigenvalue weighted by Crippen LogP contribution is -2.45. The third-order valence-corrected chi connectivity index (χ3v) is 5.98. The number of rotatable bonds is 6. The van der Waals surface area contributed by atoms with Gasteiger partial charge in [-0.05, 0) is 36.6 Å². The molecule has 0 radical (unpaired) electrons. The summed E-state index contributed by atoms with van der Waals surface area (Å²) in [6, 6.07) is 16.7. The quantitative estimate of drug-likeness (QED) is 0.630. The van der Waals surface area contributed by atoms with Crippen molar-refractivity contribution in [3.05, 3.63) is 65.7 Å². The second-order valence-corrected chi connectivity index (χ2v) is 8.86. The summed E-state index contributed by atoms with van der Waals surface area (Å²) in [5.74, 6) is -0.182. The normalized spacial score (nSPS) is 12.4. The molecule has 0 saturated heterocycles. The average Bonchev–Trinajstić information content (AvgIpc) is 2.67. The van der Waals surface area contributed by atoms with Crippen LogP contribution in [0.15, 0.2) is 60.7 Å². The fourth-order valence-corrected chi connectivity index (χ4v) is 4.52. The molecule has 0 aliphatic carbocycles. The number of hydrogen-bond acceptors (Lipinski definition) is 4. The number of benzene rings is 3. The van der Waals surface area contributed by atoms with Crippen LogP contribution < -0.4 is 14.4 Å². The molecule has 0 aliphatic heterocycles. The number of ether oxygens (including phenoxy) is 1. The number of amides is 1. The summed E-state index contributed by atoms with van der Waals surface area (Å²) >= 11 is 6.07. The summed E-state index contributed by atoms with van der Waals surface area (Å²) in [7, 11) is -2.39. The van der Waals surface area contributed by atoms with Crippen molar-refractivity contribution in [3.63, 3.8) is 0 Å². The van der Waals surface area contributed by atoms with E-state index in [1.807, 2.05) is 36.4 Å². The first kappa shape index (κ1) is 21.0. The van der Waals surface area contributed by atoms with Gasteiger partial charge in [0.25, 0.3) is 0 Å². The van der Waals surface area contributed by atoms with Crippen LogP contribution in [-0.2, 0) is 14.8 Å². The van der Waals surface area contributed by atoms with Gasteiger partial charge in [0, 0.05) is 16.1 Å². The topological polar surface area (TPSA) is 75.7 Å². The van der Waals surface area contributed by atoms with E-state index in [1.165, 1.54) is 20.1 Å². The highest BCUT2D eigenvalue weighted by Gasteiger charge is 2.31. The van der Waals surface area contributed by atoms with Crippen molar-refractivity contribution in [1.82, 2.24) is 0 Å². The summed E-state index contributed by atoms with van der Waals surface area (Å²) in [4.78, 5) is 13.0. The Morgan fingerprint density at radius 1 is 1.10 bits per heavy atom. The number of halogens is 1. The minimum absolute atomic E-state index is 0.197. The van der Waals surface area contributed by atoms with Crippen LogP contribution in [0.2, 0.25) is 5.02 Å². The van der Waals surface area contributed by atoms with E-state index in [2.05, 4.69) is 5.32 Å². The van der Waals surface area contributed by atoms with E-state index in [9.17, 15) is 13.2 Å². The van der Waals surface area contributed by atoms with E-state index in [0.29, 0.717) is 16.5 Å². The van der Waals surface area contributed by atoms with E-state index in [0.717, 1.165) is 21.3 Å². The zero-order chi connectivity index (χ0) is 21.2. The van der Waals surface area contributed by atoms with Crippen LogP contribution in [0.25, 0.3) is 10.8 Å². The van der Waals surface area contributed by atoms with Crippen molar-refractivity contribution in [2.45, 2.75) is 13.0 Å². The number of nitrogens with zero attached hydrogens (tertiary/aromatic N) is 1. The number of methoxy groups -OCH3 is 1. The lowest BCUT2D eigenvalue weighted by atomic mass is 10.1.